The quantitative estimate of drug-likeness (QED) is 0.643. The Bertz CT molecular complexity index is 293. The molecule has 3 heteroatoms. The fourth-order valence-electron chi connectivity index (χ4n) is 1.68. The second kappa shape index (κ2) is 3.66. The smallest absolute Gasteiger partial charge is 0.184 e. The molecule has 0 fully saturated rings. The Labute approximate surface area is 82.5 Å². The summed E-state index contributed by atoms with van der Waals surface area (Å²) in [5.74, 6) is 0.110. The number of rotatable bonds is 1. The predicted molar refractivity (Wildman–Crippen MR) is 56.0 cm³/mol. The van der Waals surface area contributed by atoms with Gasteiger partial charge in [0.2, 0.25) is 0 Å². The highest BCUT2D eigenvalue weighted by molar-refractivity contribution is 8.19. The van der Waals surface area contributed by atoms with E-state index in [9.17, 15) is 4.79 Å². The van der Waals surface area contributed by atoms with E-state index in [0.29, 0.717) is 11.1 Å². The number of thioether (sulfide) groups is 1. The van der Waals surface area contributed by atoms with Gasteiger partial charge in [0, 0.05) is 11.8 Å². The van der Waals surface area contributed by atoms with E-state index in [1.165, 1.54) is 17.7 Å². The number of carbonyl (C=O) groups excluding carboxylic acids is 1. The summed E-state index contributed by atoms with van der Waals surface area (Å²) in [6.07, 6.45) is 7.03. The van der Waals surface area contributed by atoms with Crippen LogP contribution in [0, 0.1) is 0 Å². The number of ketones is 1. The van der Waals surface area contributed by atoms with Crippen molar-refractivity contribution in [3.63, 3.8) is 0 Å². The summed E-state index contributed by atoms with van der Waals surface area (Å²) in [4.78, 5) is 16.8. The molecule has 0 aromatic heterocycles. The Kier molecular flexibility index (Phi) is 2.54. The van der Waals surface area contributed by atoms with Crippen molar-refractivity contribution in [3.05, 3.63) is 11.0 Å². The van der Waals surface area contributed by atoms with Crippen molar-refractivity contribution in [3.8, 4) is 0 Å². The Balaban J connectivity index is 2.17. The van der Waals surface area contributed by atoms with Crippen LogP contribution in [0.25, 0.3) is 0 Å². The lowest BCUT2D eigenvalue weighted by Crippen LogP contribution is -2.02. The number of fused-ring (bicyclic) bond motifs is 1. The summed E-state index contributed by atoms with van der Waals surface area (Å²) >= 11 is 1.58. The number of allylic oxidation sites excluding steroid dienone is 1. The summed E-state index contributed by atoms with van der Waals surface area (Å²) in [7, 11) is 0. The SMILES string of the molecule is CC(=O)C1=NC2CCCCC=C2S1. The average molecular weight is 195 g/mol. The van der Waals surface area contributed by atoms with Crippen LogP contribution in [0.5, 0.6) is 0 Å². The number of nitrogens with zero attached hydrogens (tertiary/aromatic N) is 1. The lowest BCUT2D eigenvalue weighted by atomic mass is 10.1. The van der Waals surface area contributed by atoms with Crippen LogP contribution in [0.15, 0.2) is 16.0 Å². The van der Waals surface area contributed by atoms with Gasteiger partial charge >= 0.3 is 0 Å². The van der Waals surface area contributed by atoms with Gasteiger partial charge in [-0.15, -0.1) is 0 Å². The second-order valence-electron chi connectivity index (χ2n) is 3.50. The minimum Gasteiger partial charge on any atom is -0.292 e. The van der Waals surface area contributed by atoms with Crippen LogP contribution in [-0.4, -0.2) is 16.9 Å². The zero-order valence-electron chi connectivity index (χ0n) is 7.75. The summed E-state index contributed by atoms with van der Waals surface area (Å²) in [6.45, 7) is 1.59. The molecule has 0 radical (unpaired) electrons. The van der Waals surface area contributed by atoms with Gasteiger partial charge < -0.3 is 0 Å². The highest BCUT2D eigenvalue weighted by Gasteiger charge is 2.26. The van der Waals surface area contributed by atoms with Crippen molar-refractivity contribution >= 4 is 22.6 Å². The van der Waals surface area contributed by atoms with Gasteiger partial charge in [0.1, 0.15) is 5.04 Å². The molecule has 0 saturated heterocycles. The van der Waals surface area contributed by atoms with Crippen molar-refractivity contribution in [2.75, 3.05) is 0 Å². The second-order valence-corrected chi connectivity index (χ2v) is 4.56. The number of Topliss-reactive ketones (excluding diaryl/α,β-unsaturated/α-hetero) is 1. The van der Waals surface area contributed by atoms with Gasteiger partial charge in [-0.1, -0.05) is 24.3 Å². The third-order valence-electron chi connectivity index (χ3n) is 2.39. The fraction of sp³-hybridized carbons (Fsp3) is 0.600. The molecular formula is C10H13NOS. The molecule has 0 bridgehead atoms. The molecule has 2 nitrogen and oxygen atoms in total. The number of hydrogen-bond donors (Lipinski definition) is 0. The molecule has 0 spiro atoms. The third kappa shape index (κ3) is 1.85. The molecule has 1 heterocycles. The fourth-order valence-corrected chi connectivity index (χ4v) is 2.74. The topological polar surface area (TPSA) is 29.4 Å². The first-order valence-electron chi connectivity index (χ1n) is 4.74. The standard InChI is InChI=1S/C10H13NOS/c1-7(12)10-11-8-5-3-2-4-6-9(8)13-10/h6,8H,2-5H2,1H3. The molecule has 2 aliphatic rings. The minimum absolute atomic E-state index is 0.110. The van der Waals surface area contributed by atoms with E-state index >= 15 is 0 Å². The molecule has 2 rings (SSSR count). The maximum absolute atomic E-state index is 11.1. The Morgan fingerprint density at radius 2 is 2.46 bits per heavy atom. The Morgan fingerprint density at radius 1 is 1.62 bits per heavy atom. The van der Waals surface area contributed by atoms with Gasteiger partial charge in [-0.05, 0) is 19.3 Å². The molecule has 0 aromatic carbocycles. The van der Waals surface area contributed by atoms with E-state index in [0.717, 1.165) is 12.8 Å². The minimum atomic E-state index is 0.110. The van der Waals surface area contributed by atoms with Crippen LogP contribution in [0.1, 0.15) is 32.6 Å². The summed E-state index contributed by atoms with van der Waals surface area (Å²) in [5, 5.41) is 0.707. The van der Waals surface area contributed by atoms with Crippen LogP contribution in [-0.2, 0) is 4.79 Å². The van der Waals surface area contributed by atoms with E-state index in [1.807, 2.05) is 0 Å². The lowest BCUT2D eigenvalue weighted by Gasteiger charge is -2.03. The number of carbonyl (C=O) groups is 1. The van der Waals surface area contributed by atoms with E-state index in [2.05, 4.69) is 11.1 Å². The van der Waals surface area contributed by atoms with Crippen LogP contribution in [0.4, 0.5) is 0 Å². The largest absolute Gasteiger partial charge is 0.292 e. The molecular weight excluding hydrogens is 182 g/mol. The van der Waals surface area contributed by atoms with Crippen molar-refractivity contribution < 1.29 is 4.79 Å². The van der Waals surface area contributed by atoms with Gasteiger partial charge in [-0.3, -0.25) is 9.79 Å². The van der Waals surface area contributed by atoms with Gasteiger partial charge in [-0.2, -0.15) is 0 Å². The zero-order chi connectivity index (χ0) is 9.26. The number of aliphatic imine (C=N–C) groups is 1. The molecule has 0 amide bonds. The van der Waals surface area contributed by atoms with E-state index in [4.69, 9.17) is 0 Å². The van der Waals surface area contributed by atoms with Gasteiger partial charge in [-0.25, -0.2) is 0 Å². The summed E-state index contributed by atoms with van der Waals surface area (Å²) < 4.78 is 0. The predicted octanol–water partition coefficient (Wildman–Crippen LogP) is 2.55. The van der Waals surface area contributed by atoms with E-state index in [1.54, 1.807) is 18.7 Å². The molecule has 0 aromatic rings. The van der Waals surface area contributed by atoms with Crippen LogP contribution >= 0.6 is 11.8 Å². The summed E-state index contributed by atoms with van der Waals surface area (Å²) in [6, 6.07) is 0.311. The van der Waals surface area contributed by atoms with Gasteiger partial charge in [0.05, 0.1) is 6.04 Å². The maximum atomic E-state index is 11.1. The Hall–Kier alpha value is -0.570. The highest BCUT2D eigenvalue weighted by atomic mass is 32.2. The van der Waals surface area contributed by atoms with Gasteiger partial charge in [0.15, 0.2) is 5.78 Å². The van der Waals surface area contributed by atoms with Crippen LogP contribution < -0.4 is 0 Å². The monoisotopic (exact) mass is 195 g/mol. The molecule has 0 N–H and O–H groups in total. The average Bonchev–Trinajstić information content (AvgIpc) is 2.38. The van der Waals surface area contributed by atoms with E-state index in [-0.39, 0.29) is 5.78 Å². The first kappa shape index (κ1) is 9.00. The lowest BCUT2D eigenvalue weighted by molar-refractivity contribution is -0.110. The van der Waals surface area contributed by atoms with Crippen molar-refractivity contribution in [2.24, 2.45) is 4.99 Å². The van der Waals surface area contributed by atoms with Crippen LogP contribution in [0.3, 0.4) is 0 Å². The first-order chi connectivity index (χ1) is 6.27. The maximum Gasteiger partial charge on any atom is 0.184 e. The summed E-state index contributed by atoms with van der Waals surface area (Å²) in [5.41, 5.74) is 0. The number of hydrogen-bond acceptors (Lipinski definition) is 3. The molecule has 1 atom stereocenters. The molecule has 1 aliphatic heterocycles. The van der Waals surface area contributed by atoms with Crippen LogP contribution in [0.2, 0.25) is 0 Å². The highest BCUT2D eigenvalue weighted by Crippen LogP contribution is 2.36. The van der Waals surface area contributed by atoms with Crippen molar-refractivity contribution in [2.45, 2.75) is 38.6 Å². The first-order valence-corrected chi connectivity index (χ1v) is 5.55. The van der Waals surface area contributed by atoms with Crippen molar-refractivity contribution in [1.29, 1.82) is 0 Å². The zero-order valence-corrected chi connectivity index (χ0v) is 8.56. The third-order valence-corrected chi connectivity index (χ3v) is 3.66. The normalized spacial score (nSPS) is 27.3. The molecule has 13 heavy (non-hydrogen) atoms. The molecule has 1 unspecified atom stereocenters. The van der Waals surface area contributed by atoms with Crippen molar-refractivity contribution in [1.82, 2.24) is 0 Å². The van der Waals surface area contributed by atoms with Gasteiger partial charge in [0.25, 0.3) is 0 Å². The molecule has 1 aliphatic carbocycles. The van der Waals surface area contributed by atoms with E-state index < -0.39 is 0 Å². The molecule has 70 valence electrons. The Morgan fingerprint density at radius 3 is 3.23 bits per heavy atom. The molecule has 0 saturated carbocycles.